The maximum absolute atomic E-state index is 12.5. The van der Waals surface area contributed by atoms with Crippen LogP contribution in [0, 0.1) is 5.92 Å². The molecule has 1 fully saturated rings. The summed E-state index contributed by atoms with van der Waals surface area (Å²) in [6.45, 7) is 3.75. The minimum Gasteiger partial charge on any atom is -0.341 e. The molecule has 1 aliphatic heterocycles. The van der Waals surface area contributed by atoms with Crippen LogP contribution >= 0.6 is 0 Å². The van der Waals surface area contributed by atoms with E-state index in [-0.39, 0.29) is 17.5 Å². The van der Waals surface area contributed by atoms with Gasteiger partial charge in [-0.15, -0.1) is 0 Å². The van der Waals surface area contributed by atoms with E-state index in [1.54, 1.807) is 9.79 Å². The van der Waals surface area contributed by atoms with Gasteiger partial charge in [-0.2, -0.15) is 4.31 Å². The van der Waals surface area contributed by atoms with Gasteiger partial charge in [0.25, 0.3) is 5.91 Å². The summed E-state index contributed by atoms with van der Waals surface area (Å²) in [7, 11) is -3.36. The Balaban J connectivity index is 1.59. The number of carbonyl (C=O) groups excluding carboxylic acids is 1. The van der Waals surface area contributed by atoms with Crippen molar-refractivity contribution in [2.24, 2.45) is 5.92 Å². The monoisotopic (exact) mass is 459 g/mol. The van der Waals surface area contributed by atoms with Crippen molar-refractivity contribution in [3.8, 4) is 0 Å². The number of carbonyl (C=O) groups is 1. The highest BCUT2D eigenvalue weighted by Gasteiger charge is 2.28. The number of nitrogens with zero attached hydrogens (tertiary/aromatic N) is 4. The summed E-state index contributed by atoms with van der Waals surface area (Å²) in [5, 5.41) is 8.68. The molecule has 2 N–H and O–H groups in total. The first-order chi connectivity index (χ1) is 15.3. The number of nitrogens with one attached hydrogen (secondary N) is 1. The van der Waals surface area contributed by atoms with Gasteiger partial charge in [0.2, 0.25) is 16.0 Å². The van der Waals surface area contributed by atoms with Crippen molar-refractivity contribution in [1.29, 1.82) is 0 Å². The maximum Gasteiger partial charge on any atom is 0.277 e. The van der Waals surface area contributed by atoms with Crippen LogP contribution in [-0.2, 0) is 10.0 Å². The number of piperidine rings is 1. The molecule has 9 nitrogen and oxygen atoms in total. The minimum absolute atomic E-state index is 0.174. The van der Waals surface area contributed by atoms with Crippen molar-refractivity contribution in [1.82, 2.24) is 19.8 Å². The highest BCUT2D eigenvalue weighted by Crippen LogP contribution is 2.23. The van der Waals surface area contributed by atoms with E-state index in [0.717, 1.165) is 18.4 Å². The lowest BCUT2D eigenvalue weighted by molar-refractivity contribution is 0.0705. The lowest BCUT2D eigenvalue weighted by Gasteiger charge is -2.35. The van der Waals surface area contributed by atoms with Gasteiger partial charge in [0, 0.05) is 38.1 Å². The number of amides is 1. The lowest BCUT2D eigenvalue weighted by Crippen LogP contribution is -2.44. The number of sulfonamides is 1. The van der Waals surface area contributed by atoms with E-state index in [1.165, 1.54) is 18.6 Å². The predicted molar refractivity (Wildman–Crippen MR) is 123 cm³/mol. The summed E-state index contributed by atoms with van der Waals surface area (Å²) in [5.41, 5.74) is 2.76. The van der Waals surface area contributed by atoms with Crippen molar-refractivity contribution in [3.63, 3.8) is 0 Å². The van der Waals surface area contributed by atoms with E-state index < -0.39 is 15.9 Å². The standard InChI is InChI=1S/C22H29N5O4S/c1-17(8-9-18-6-4-3-5-7-18)27(32(2,30)31)16-19-10-12-26(13-11-19)22-23-14-20(15-24-22)21(28)25-29/h3-9,14-15,17,19,29H,10-13,16H2,1-2H3,(H,25,28). The Morgan fingerprint density at radius 1 is 1.25 bits per heavy atom. The summed E-state index contributed by atoms with van der Waals surface area (Å²) in [6.07, 6.45) is 9.48. The molecule has 10 heteroatoms. The molecule has 0 bridgehead atoms. The Morgan fingerprint density at radius 2 is 1.88 bits per heavy atom. The van der Waals surface area contributed by atoms with Crippen LogP contribution in [0.3, 0.4) is 0 Å². The van der Waals surface area contributed by atoms with Gasteiger partial charge in [-0.25, -0.2) is 23.9 Å². The molecule has 1 amide bonds. The number of hydrogen-bond acceptors (Lipinski definition) is 7. The summed E-state index contributed by atoms with van der Waals surface area (Å²) >= 11 is 0. The smallest absolute Gasteiger partial charge is 0.277 e. The Morgan fingerprint density at radius 3 is 2.44 bits per heavy atom. The molecule has 1 aromatic heterocycles. The Hall–Kier alpha value is -2.82. The number of anilines is 1. The SMILES string of the molecule is CC(C=Cc1ccccc1)N(CC1CCN(c2ncc(C(=O)NO)cn2)CC1)S(C)(=O)=O. The van der Waals surface area contributed by atoms with Gasteiger partial charge in [0.05, 0.1) is 11.8 Å². The average Bonchev–Trinajstić information content (AvgIpc) is 2.81. The van der Waals surface area contributed by atoms with Crippen LogP contribution in [0.5, 0.6) is 0 Å². The summed E-state index contributed by atoms with van der Waals surface area (Å²) < 4.78 is 26.5. The number of benzene rings is 1. The molecule has 2 heterocycles. The zero-order chi connectivity index (χ0) is 23.1. The third-order valence-corrected chi connectivity index (χ3v) is 6.92. The largest absolute Gasteiger partial charge is 0.341 e. The van der Waals surface area contributed by atoms with Crippen molar-refractivity contribution < 1.29 is 18.4 Å². The van der Waals surface area contributed by atoms with Crippen LogP contribution in [0.25, 0.3) is 6.08 Å². The van der Waals surface area contributed by atoms with E-state index in [0.29, 0.717) is 25.6 Å². The first kappa shape index (κ1) is 23.8. The fourth-order valence-corrected chi connectivity index (χ4v) is 4.91. The van der Waals surface area contributed by atoms with Crippen molar-refractivity contribution in [2.75, 3.05) is 30.8 Å². The van der Waals surface area contributed by atoms with Gasteiger partial charge < -0.3 is 4.90 Å². The fraction of sp³-hybridized carbons (Fsp3) is 0.409. The zero-order valence-corrected chi connectivity index (χ0v) is 19.1. The molecule has 0 radical (unpaired) electrons. The van der Waals surface area contributed by atoms with E-state index in [4.69, 9.17) is 5.21 Å². The van der Waals surface area contributed by atoms with Crippen LogP contribution < -0.4 is 10.4 Å². The van der Waals surface area contributed by atoms with E-state index in [9.17, 15) is 13.2 Å². The molecule has 1 aromatic carbocycles. The molecule has 1 saturated heterocycles. The van der Waals surface area contributed by atoms with E-state index in [1.807, 2.05) is 54.3 Å². The Labute approximate surface area is 188 Å². The van der Waals surface area contributed by atoms with Gasteiger partial charge in [-0.1, -0.05) is 42.5 Å². The van der Waals surface area contributed by atoms with Crippen LogP contribution in [-0.4, -0.2) is 65.7 Å². The van der Waals surface area contributed by atoms with E-state index >= 15 is 0 Å². The zero-order valence-electron chi connectivity index (χ0n) is 18.3. The molecule has 0 aliphatic carbocycles. The highest BCUT2D eigenvalue weighted by atomic mass is 32.2. The third kappa shape index (κ3) is 6.35. The molecule has 1 unspecified atom stereocenters. The number of hydroxylamine groups is 1. The van der Waals surface area contributed by atoms with Gasteiger partial charge in [-0.05, 0) is 31.2 Å². The second-order valence-electron chi connectivity index (χ2n) is 7.99. The van der Waals surface area contributed by atoms with Crippen molar-refractivity contribution in [2.45, 2.75) is 25.8 Å². The second-order valence-corrected chi connectivity index (χ2v) is 9.92. The molecule has 1 atom stereocenters. The molecule has 3 rings (SSSR count). The molecule has 32 heavy (non-hydrogen) atoms. The topological polar surface area (TPSA) is 116 Å². The van der Waals surface area contributed by atoms with Crippen molar-refractivity contribution in [3.05, 3.63) is 59.9 Å². The number of hydrogen-bond donors (Lipinski definition) is 2. The van der Waals surface area contributed by atoms with Crippen molar-refractivity contribution >= 4 is 28.0 Å². The Bertz CT molecular complexity index is 1020. The van der Waals surface area contributed by atoms with Gasteiger partial charge >= 0.3 is 0 Å². The number of rotatable bonds is 8. The lowest BCUT2D eigenvalue weighted by atomic mass is 9.96. The minimum atomic E-state index is -3.36. The molecular formula is C22H29N5O4S. The summed E-state index contributed by atoms with van der Waals surface area (Å²) in [4.78, 5) is 21.8. The normalized spacial score (nSPS) is 16.4. The first-order valence-electron chi connectivity index (χ1n) is 10.5. The van der Waals surface area contributed by atoms with E-state index in [2.05, 4.69) is 9.97 Å². The quantitative estimate of drug-likeness (QED) is 0.459. The van der Waals surface area contributed by atoms with Crippen LogP contribution in [0.4, 0.5) is 5.95 Å². The first-order valence-corrected chi connectivity index (χ1v) is 12.3. The van der Waals surface area contributed by atoms with Gasteiger partial charge in [0.1, 0.15) is 0 Å². The number of aromatic nitrogens is 2. The fourth-order valence-electron chi connectivity index (χ4n) is 3.75. The highest BCUT2D eigenvalue weighted by molar-refractivity contribution is 7.88. The van der Waals surface area contributed by atoms with Gasteiger partial charge in [-0.3, -0.25) is 10.0 Å². The Kier molecular flexibility index (Phi) is 7.94. The second kappa shape index (κ2) is 10.7. The predicted octanol–water partition coefficient (Wildman–Crippen LogP) is 2.18. The molecule has 2 aromatic rings. The maximum atomic E-state index is 12.5. The average molecular weight is 460 g/mol. The molecule has 0 saturated carbocycles. The summed E-state index contributed by atoms with van der Waals surface area (Å²) in [5.74, 6) is 0.0802. The molecular weight excluding hydrogens is 430 g/mol. The molecule has 1 aliphatic rings. The van der Waals surface area contributed by atoms with Crippen LogP contribution in [0.1, 0.15) is 35.7 Å². The summed E-state index contributed by atoms with van der Waals surface area (Å²) in [6, 6.07) is 9.55. The van der Waals surface area contributed by atoms with Gasteiger partial charge in [0.15, 0.2) is 0 Å². The van der Waals surface area contributed by atoms with Crippen LogP contribution in [0.15, 0.2) is 48.8 Å². The molecule has 0 spiro atoms. The van der Waals surface area contributed by atoms with Crippen LogP contribution in [0.2, 0.25) is 0 Å². The molecule has 172 valence electrons. The third-order valence-electron chi connectivity index (χ3n) is 5.58.